The van der Waals surface area contributed by atoms with Crippen molar-refractivity contribution < 1.29 is 5.11 Å². The molecule has 0 amide bonds. The molecule has 1 aliphatic carbocycles. The molecule has 0 fully saturated rings. The standard InChI is InChI=1S/C11H18O.2C2H6/c1-9(8-12)10(2)11-6-4-3-5-7-11;2*1-2/h4,6-7,9-10,12H,3,5,8H2,1-2H3;2*1-2H3. The summed E-state index contributed by atoms with van der Waals surface area (Å²) in [4.78, 5) is 0. The zero-order chi connectivity index (χ0) is 13.0. The molecule has 16 heavy (non-hydrogen) atoms. The normalized spacial score (nSPS) is 17.1. The maximum Gasteiger partial charge on any atom is 0.0462 e. The summed E-state index contributed by atoms with van der Waals surface area (Å²) in [5.41, 5.74) is 1.39. The van der Waals surface area contributed by atoms with Gasteiger partial charge in [-0.3, -0.25) is 0 Å². The molecule has 0 saturated carbocycles. The molecule has 0 radical (unpaired) electrons. The van der Waals surface area contributed by atoms with Gasteiger partial charge in [-0.25, -0.2) is 0 Å². The molecule has 0 bridgehead atoms. The van der Waals surface area contributed by atoms with E-state index in [0.717, 1.165) is 6.42 Å². The maximum absolute atomic E-state index is 8.98. The number of allylic oxidation sites excluding steroid dienone is 4. The first-order valence-corrected chi connectivity index (χ1v) is 6.73. The average molecular weight is 226 g/mol. The van der Waals surface area contributed by atoms with Crippen molar-refractivity contribution in [2.45, 2.75) is 54.4 Å². The van der Waals surface area contributed by atoms with E-state index in [2.05, 4.69) is 32.1 Å². The van der Waals surface area contributed by atoms with E-state index in [1.807, 2.05) is 27.7 Å². The molecule has 0 saturated heterocycles. The van der Waals surface area contributed by atoms with Gasteiger partial charge >= 0.3 is 0 Å². The SMILES string of the molecule is CC.CC.CC(CO)C(C)C1=CCCC=C1. The van der Waals surface area contributed by atoms with E-state index in [1.54, 1.807) is 0 Å². The summed E-state index contributed by atoms with van der Waals surface area (Å²) in [7, 11) is 0. The molecule has 0 heterocycles. The molecule has 0 aliphatic heterocycles. The van der Waals surface area contributed by atoms with Gasteiger partial charge in [-0.15, -0.1) is 0 Å². The molecule has 96 valence electrons. The molecular weight excluding hydrogens is 196 g/mol. The van der Waals surface area contributed by atoms with Crippen LogP contribution in [0, 0.1) is 11.8 Å². The fraction of sp³-hybridized carbons (Fsp3) is 0.733. The third-order valence-electron chi connectivity index (χ3n) is 2.69. The topological polar surface area (TPSA) is 20.2 Å². The monoisotopic (exact) mass is 226 g/mol. The Hall–Kier alpha value is -0.560. The van der Waals surface area contributed by atoms with Crippen LogP contribution in [0.4, 0.5) is 0 Å². The molecule has 0 aromatic heterocycles. The summed E-state index contributed by atoms with van der Waals surface area (Å²) < 4.78 is 0. The lowest BCUT2D eigenvalue weighted by atomic mass is 9.86. The van der Waals surface area contributed by atoms with Crippen LogP contribution < -0.4 is 0 Å². The van der Waals surface area contributed by atoms with E-state index in [9.17, 15) is 0 Å². The third-order valence-corrected chi connectivity index (χ3v) is 2.69. The number of hydrogen-bond acceptors (Lipinski definition) is 1. The highest BCUT2D eigenvalue weighted by Crippen LogP contribution is 2.24. The predicted molar refractivity (Wildman–Crippen MR) is 74.6 cm³/mol. The van der Waals surface area contributed by atoms with Crippen molar-refractivity contribution in [1.82, 2.24) is 0 Å². The molecule has 2 unspecified atom stereocenters. The summed E-state index contributed by atoms with van der Waals surface area (Å²) in [5, 5.41) is 8.98. The minimum Gasteiger partial charge on any atom is -0.396 e. The van der Waals surface area contributed by atoms with Crippen LogP contribution in [0.1, 0.15) is 54.4 Å². The zero-order valence-electron chi connectivity index (χ0n) is 12.0. The van der Waals surface area contributed by atoms with Crippen molar-refractivity contribution in [2.75, 3.05) is 6.61 Å². The molecule has 2 atom stereocenters. The van der Waals surface area contributed by atoms with E-state index in [-0.39, 0.29) is 6.61 Å². The van der Waals surface area contributed by atoms with Gasteiger partial charge < -0.3 is 5.11 Å². The molecule has 0 spiro atoms. The summed E-state index contributed by atoms with van der Waals surface area (Å²) >= 11 is 0. The summed E-state index contributed by atoms with van der Waals surface area (Å²) in [6, 6.07) is 0. The van der Waals surface area contributed by atoms with E-state index >= 15 is 0 Å². The largest absolute Gasteiger partial charge is 0.396 e. The van der Waals surface area contributed by atoms with Crippen LogP contribution in [0.2, 0.25) is 0 Å². The first-order valence-electron chi connectivity index (χ1n) is 6.73. The Kier molecular flexibility index (Phi) is 13.9. The molecular formula is C15H30O. The number of aliphatic hydroxyl groups excluding tert-OH is 1. The van der Waals surface area contributed by atoms with Gasteiger partial charge in [0.15, 0.2) is 0 Å². The summed E-state index contributed by atoms with van der Waals surface area (Å²) in [5.74, 6) is 0.866. The van der Waals surface area contributed by atoms with Crippen molar-refractivity contribution in [1.29, 1.82) is 0 Å². The van der Waals surface area contributed by atoms with Gasteiger partial charge in [0.05, 0.1) is 0 Å². The Balaban J connectivity index is 0. The van der Waals surface area contributed by atoms with Gasteiger partial charge in [-0.1, -0.05) is 59.8 Å². The van der Waals surface area contributed by atoms with E-state index < -0.39 is 0 Å². The highest BCUT2D eigenvalue weighted by Gasteiger charge is 2.14. The van der Waals surface area contributed by atoms with E-state index in [1.165, 1.54) is 12.0 Å². The predicted octanol–water partition coefficient (Wildman–Crippen LogP) is 4.58. The smallest absolute Gasteiger partial charge is 0.0462 e. The second-order valence-corrected chi connectivity index (χ2v) is 3.63. The van der Waals surface area contributed by atoms with E-state index in [4.69, 9.17) is 5.11 Å². The second kappa shape index (κ2) is 12.5. The first-order chi connectivity index (χ1) is 7.75. The molecule has 0 aromatic rings. The quantitative estimate of drug-likeness (QED) is 0.747. The minimum absolute atomic E-state index is 0.284. The van der Waals surface area contributed by atoms with Gasteiger partial charge in [0, 0.05) is 6.61 Å². The van der Waals surface area contributed by atoms with Gasteiger partial charge in [-0.05, 0) is 30.3 Å². The van der Waals surface area contributed by atoms with Gasteiger partial charge in [0.25, 0.3) is 0 Å². The lowest BCUT2D eigenvalue weighted by molar-refractivity contribution is 0.209. The fourth-order valence-corrected chi connectivity index (χ4v) is 1.46. The average Bonchev–Trinajstić information content (AvgIpc) is 2.42. The van der Waals surface area contributed by atoms with Gasteiger partial charge in [0.2, 0.25) is 0 Å². The number of rotatable bonds is 3. The minimum atomic E-state index is 0.284. The van der Waals surface area contributed by atoms with Crippen LogP contribution >= 0.6 is 0 Å². The molecule has 1 aliphatic rings. The summed E-state index contributed by atoms with van der Waals surface area (Å²) in [6.45, 7) is 12.6. The van der Waals surface area contributed by atoms with Gasteiger partial charge in [-0.2, -0.15) is 0 Å². The molecule has 1 rings (SSSR count). The Morgan fingerprint density at radius 1 is 1.12 bits per heavy atom. The zero-order valence-corrected chi connectivity index (χ0v) is 12.0. The number of aliphatic hydroxyl groups is 1. The Bertz CT molecular complexity index is 192. The van der Waals surface area contributed by atoms with Crippen molar-refractivity contribution in [3.63, 3.8) is 0 Å². The van der Waals surface area contributed by atoms with Crippen molar-refractivity contribution in [3.05, 3.63) is 23.8 Å². The lowest BCUT2D eigenvalue weighted by Crippen LogP contribution is -2.14. The van der Waals surface area contributed by atoms with Crippen molar-refractivity contribution in [3.8, 4) is 0 Å². The fourth-order valence-electron chi connectivity index (χ4n) is 1.46. The molecule has 1 nitrogen and oxygen atoms in total. The van der Waals surface area contributed by atoms with Crippen LogP contribution in [0.25, 0.3) is 0 Å². The van der Waals surface area contributed by atoms with Crippen molar-refractivity contribution in [2.24, 2.45) is 11.8 Å². The highest BCUT2D eigenvalue weighted by molar-refractivity contribution is 5.24. The molecule has 1 N–H and O–H groups in total. The second-order valence-electron chi connectivity index (χ2n) is 3.63. The van der Waals surface area contributed by atoms with Gasteiger partial charge in [0.1, 0.15) is 0 Å². The maximum atomic E-state index is 8.98. The highest BCUT2D eigenvalue weighted by atomic mass is 16.3. The molecule has 1 heteroatoms. The lowest BCUT2D eigenvalue weighted by Gasteiger charge is -2.20. The molecule has 0 aromatic carbocycles. The van der Waals surface area contributed by atoms with Crippen LogP contribution in [0.3, 0.4) is 0 Å². The Morgan fingerprint density at radius 2 is 1.69 bits per heavy atom. The Morgan fingerprint density at radius 3 is 2.06 bits per heavy atom. The van der Waals surface area contributed by atoms with Crippen LogP contribution in [0.15, 0.2) is 23.8 Å². The third kappa shape index (κ3) is 6.84. The first kappa shape index (κ1) is 17.8. The van der Waals surface area contributed by atoms with Crippen LogP contribution in [-0.2, 0) is 0 Å². The van der Waals surface area contributed by atoms with Crippen molar-refractivity contribution >= 4 is 0 Å². The van der Waals surface area contributed by atoms with E-state index in [0.29, 0.717) is 11.8 Å². The summed E-state index contributed by atoms with van der Waals surface area (Å²) in [6.07, 6.45) is 9.03. The van der Waals surface area contributed by atoms with Crippen LogP contribution in [-0.4, -0.2) is 11.7 Å². The number of hydrogen-bond donors (Lipinski definition) is 1. The Labute approximate surface area is 102 Å². The van der Waals surface area contributed by atoms with Crippen LogP contribution in [0.5, 0.6) is 0 Å².